The second kappa shape index (κ2) is 4.56. The zero-order valence-corrected chi connectivity index (χ0v) is 10.4. The third-order valence-electron chi connectivity index (χ3n) is 2.65. The molecule has 0 fully saturated rings. The van der Waals surface area contributed by atoms with Crippen molar-refractivity contribution in [3.05, 3.63) is 48.3 Å². The fraction of sp³-hybridized carbons (Fsp3) is 0.154. The van der Waals surface area contributed by atoms with Crippen LogP contribution in [0.4, 0.5) is 5.95 Å². The second-order valence-electron chi connectivity index (χ2n) is 4.20. The standard InChI is InChI=1S/C13H12N6/c1-13(19-18-12-14-7-8-15-12)16-9-11(17-13)10-5-3-2-4-6-10/h2-9H,1H3,(H,14,15). The molecule has 19 heavy (non-hydrogen) atoms. The van der Waals surface area contributed by atoms with Crippen molar-refractivity contribution < 1.29 is 0 Å². The Bertz CT molecular complexity index is 641. The van der Waals surface area contributed by atoms with Gasteiger partial charge >= 0.3 is 0 Å². The van der Waals surface area contributed by atoms with Gasteiger partial charge in [0, 0.05) is 24.9 Å². The summed E-state index contributed by atoms with van der Waals surface area (Å²) in [5, 5.41) is 8.10. The number of imidazole rings is 1. The highest BCUT2D eigenvalue weighted by molar-refractivity contribution is 6.39. The number of azo groups is 1. The molecule has 0 radical (unpaired) electrons. The molecule has 1 unspecified atom stereocenters. The zero-order chi connectivity index (χ0) is 13.1. The minimum atomic E-state index is -0.905. The summed E-state index contributed by atoms with van der Waals surface area (Å²) in [6, 6.07) is 9.87. The molecule has 0 saturated heterocycles. The Morgan fingerprint density at radius 1 is 1.21 bits per heavy atom. The number of nitrogens with one attached hydrogen (secondary N) is 1. The highest BCUT2D eigenvalue weighted by atomic mass is 15.4. The van der Waals surface area contributed by atoms with Gasteiger partial charge in [0.2, 0.25) is 5.95 Å². The van der Waals surface area contributed by atoms with Crippen molar-refractivity contribution in [3.8, 4) is 0 Å². The van der Waals surface area contributed by atoms with Crippen molar-refractivity contribution in [2.24, 2.45) is 20.2 Å². The fourth-order valence-electron chi connectivity index (χ4n) is 1.72. The number of aromatic amines is 1. The van der Waals surface area contributed by atoms with E-state index in [1.807, 2.05) is 30.3 Å². The summed E-state index contributed by atoms with van der Waals surface area (Å²) in [6.07, 6.45) is 5.02. The van der Waals surface area contributed by atoms with Gasteiger partial charge in [-0.2, -0.15) is 0 Å². The minimum Gasteiger partial charge on any atom is -0.328 e. The smallest absolute Gasteiger partial charge is 0.261 e. The van der Waals surface area contributed by atoms with E-state index in [0.717, 1.165) is 11.3 Å². The highest BCUT2D eigenvalue weighted by Crippen LogP contribution is 2.22. The lowest BCUT2D eigenvalue weighted by atomic mass is 10.1. The molecular formula is C13H12N6. The summed E-state index contributed by atoms with van der Waals surface area (Å²) in [5.74, 6) is -0.461. The molecule has 2 aromatic rings. The van der Waals surface area contributed by atoms with Crippen molar-refractivity contribution in [2.75, 3.05) is 0 Å². The first-order valence-corrected chi connectivity index (χ1v) is 5.88. The molecule has 1 N–H and O–H groups in total. The minimum absolute atomic E-state index is 0.444. The van der Waals surface area contributed by atoms with Crippen molar-refractivity contribution in [2.45, 2.75) is 12.7 Å². The molecule has 0 aliphatic carbocycles. The van der Waals surface area contributed by atoms with Gasteiger partial charge < -0.3 is 4.98 Å². The quantitative estimate of drug-likeness (QED) is 0.837. The molecule has 94 valence electrons. The Kier molecular flexibility index (Phi) is 2.75. The summed E-state index contributed by atoms with van der Waals surface area (Å²) in [7, 11) is 0. The summed E-state index contributed by atoms with van der Waals surface area (Å²) in [6.45, 7) is 1.80. The summed E-state index contributed by atoms with van der Waals surface area (Å²) >= 11 is 0. The molecule has 6 nitrogen and oxygen atoms in total. The molecule has 0 saturated carbocycles. The van der Waals surface area contributed by atoms with Crippen LogP contribution in [0.15, 0.2) is 62.9 Å². The van der Waals surface area contributed by atoms with E-state index in [1.54, 1.807) is 25.5 Å². The zero-order valence-electron chi connectivity index (χ0n) is 10.4. The molecular weight excluding hydrogens is 240 g/mol. The van der Waals surface area contributed by atoms with Crippen molar-refractivity contribution in [1.29, 1.82) is 0 Å². The monoisotopic (exact) mass is 252 g/mol. The SMILES string of the molecule is CC1(N=Nc2ncc[nH]2)N=CC(c2ccccc2)=N1. The van der Waals surface area contributed by atoms with Crippen LogP contribution in [-0.2, 0) is 0 Å². The van der Waals surface area contributed by atoms with Crippen LogP contribution in [0.5, 0.6) is 0 Å². The van der Waals surface area contributed by atoms with Gasteiger partial charge in [0.25, 0.3) is 5.79 Å². The number of rotatable bonds is 3. The van der Waals surface area contributed by atoms with Crippen LogP contribution < -0.4 is 0 Å². The van der Waals surface area contributed by atoms with Gasteiger partial charge in [0.1, 0.15) is 0 Å². The number of nitrogens with zero attached hydrogens (tertiary/aromatic N) is 5. The average Bonchev–Trinajstić information content (AvgIpc) is 3.08. The Balaban J connectivity index is 1.84. The lowest BCUT2D eigenvalue weighted by molar-refractivity contribution is 0.509. The van der Waals surface area contributed by atoms with E-state index in [9.17, 15) is 0 Å². The Labute approximate surface area is 110 Å². The maximum Gasteiger partial charge on any atom is 0.261 e. The van der Waals surface area contributed by atoms with E-state index in [1.165, 1.54) is 0 Å². The van der Waals surface area contributed by atoms with Gasteiger partial charge in [-0.1, -0.05) is 30.3 Å². The third-order valence-corrected chi connectivity index (χ3v) is 2.65. The van der Waals surface area contributed by atoms with E-state index >= 15 is 0 Å². The lowest BCUT2D eigenvalue weighted by Crippen LogP contribution is -2.11. The Morgan fingerprint density at radius 2 is 2.05 bits per heavy atom. The van der Waals surface area contributed by atoms with Crippen LogP contribution in [0.3, 0.4) is 0 Å². The summed E-state index contributed by atoms with van der Waals surface area (Å²) in [5.41, 5.74) is 1.82. The molecule has 3 rings (SSSR count). The molecule has 1 aliphatic rings. The number of hydrogen-bond donors (Lipinski definition) is 1. The molecule has 2 heterocycles. The summed E-state index contributed by atoms with van der Waals surface area (Å²) < 4.78 is 0. The Hall–Kier alpha value is -2.63. The van der Waals surface area contributed by atoms with Gasteiger partial charge in [-0.25, -0.2) is 15.0 Å². The summed E-state index contributed by atoms with van der Waals surface area (Å²) in [4.78, 5) is 15.6. The first kappa shape index (κ1) is 11.5. The average molecular weight is 252 g/mol. The lowest BCUT2D eigenvalue weighted by Gasteiger charge is -2.08. The maximum atomic E-state index is 4.48. The Morgan fingerprint density at radius 3 is 2.79 bits per heavy atom. The van der Waals surface area contributed by atoms with Gasteiger partial charge in [-0.3, -0.25) is 0 Å². The molecule has 1 aromatic carbocycles. The molecule has 1 aliphatic heterocycles. The van der Waals surface area contributed by atoms with Gasteiger partial charge in [-0.05, 0) is 0 Å². The highest BCUT2D eigenvalue weighted by Gasteiger charge is 2.26. The normalized spacial score (nSPS) is 22.1. The van der Waals surface area contributed by atoms with Crippen LogP contribution in [0, 0.1) is 0 Å². The van der Waals surface area contributed by atoms with Crippen molar-refractivity contribution in [1.82, 2.24) is 9.97 Å². The van der Waals surface area contributed by atoms with E-state index in [4.69, 9.17) is 0 Å². The predicted molar refractivity (Wildman–Crippen MR) is 73.0 cm³/mol. The number of aliphatic imine (C=N–C) groups is 2. The van der Waals surface area contributed by atoms with Crippen molar-refractivity contribution in [3.63, 3.8) is 0 Å². The van der Waals surface area contributed by atoms with Gasteiger partial charge in [0.05, 0.1) is 11.9 Å². The largest absolute Gasteiger partial charge is 0.328 e. The molecule has 1 aromatic heterocycles. The fourth-order valence-corrected chi connectivity index (χ4v) is 1.72. The van der Waals surface area contributed by atoms with Crippen molar-refractivity contribution >= 4 is 17.9 Å². The first-order chi connectivity index (χ1) is 9.25. The van der Waals surface area contributed by atoms with Crippen LogP contribution in [-0.4, -0.2) is 27.7 Å². The second-order valence-corrected chi connectivity index (χ2v) is 4.20. The van der Waals surface area contributed by atoms with Crippen LogP contribution in [0.25, 0.3) is 0 Å². The topological polar surface area (TPSA) is 78.1 Å². The van der Waals surface area contributed by atoms with E-state index in [2.05, 4.69) is 30.2 Å². The van der Waals surface area contributed by atoms with E-state index < -0.39 is 5.79 Å². The maximum absolute atomic E-state index is 4.48. The molecule has 0 bridgehead atoms. The molecule has 0 amide bonds. The molecule has 1 atom stereocenters. The van der Waals surface area contributed by atoms with Gasteiger partial charge in [0.15, 0.2) is 0 Å². The molecule has 0 spiro atoms. The number of hydrogen-bond acceptors (Lipinski definition) is 5. The molecule has 6 heteroatoms. The van der Waals surface area contributed by atoms with Crippen LogP contribution in [0.1, 0.15) is 12.5 Å². The third kappa shape index (κ3) is 2.47. The van der Waals surface area contributed by atoms with E-state index in [-0.39, 0.29) is 0 Å². The van der Waals surface area contributed by atoms with Gasteiger partial charge in [-0.15, -0.1) is 10.2 Å². The van der Waals surface area contributed by atoms with E-state index in [0.29, 0.717) is 5.95 Å². The van der Waals surface area contributed by atoms with Crippen LogP contribution in [0.2, 0.25) is 0 Å². The number of aromatic nitrogens is 2. The number of benzene rings is 1. The van der Waals surface area contributed by atoms with Crippen LogP contribution >= 0.6 is 0 Å². The first-order valence-electron chi connectivity index (χ1n) is 5.88. The predicted octanol–water partition coefficient (Wildman–Crippen LogP) is 2.74. The number of H-pyrrole nitrogens is 1.